The zero-order valence-corrected chi connectivity index (χ0v) is 15.8. The number of carbonyl (C=O) groups excluding carboxylic acids is 1. The van der Waals surface area contributed by atoms with Gasteiger partial charge in [-0.3, -0.25) is 4.79 Å². The highest BCUT2D eigenvalue weighted by atomic mass is 16.2. The Bertz CT molecular complexity index is 925. The largest absolute Gasteiger partial charge is 0.271 e. The zero-order chi connectivity index (χ0) is 19.1. The highest BCUT2D eigenvalue weighted by Crippen LogP contribution is 2.13. The average Bonchev–Trinajstić information content (AvgIpc) is 2.66. The molecule has 0 aromatic heterocycles. The standard InChI is InChI=1S/C24H24N2O/c1-18-14-19(2)16-21(15-18)17-25-26-24(27)23-11-7-6-10-22(23)13-12-20-8-4-3-5-9-20/h3-11,14-17H,12-13H2,1-2H3,(H,26,27)/b25-17+. The first-order valence-electron chi connectivity index (χ1n) is 9.15. The van der Waals surface area contributed by atoms with Gasteiger partial charge in [0, 0.05) is 5.56 Å². The van der Waals surface area contributed by atoms with Crippen LogP contribution in [0, 0.1) is 13.8 Å². The first-order chi connectivity index (χ1) is 13.1. The zero-order valence-electron chi connectivity index (χ0n) is 15.8. The summed E-state index contributed by atoms with van der Waals surface area (Å²) in [6, 6.07) is 24.2. The number of benzene rings is 3. The summed E-state index contributed by atoms with van der Waals surface area (Å²) in [6.07, 6.45) is 3.40. The van der Waals surface area contributed by atoms with Crippen molar-refractivity contribution in [2.75, 3.05) is 0 Å². The second kappa shape index (κ2) is 8.95. The molecule has 0 bridgehead atoms. The normalized spacial score (nSPS) is 10.9. The molecule has 0 aliphatic heterocycles. The highest BCUT2D eigenvalue weighted by molar-refractivity contribution is 5.96. The second-order valence-electron chi connectivity index (χ2n) is 6.76. The molecule has 3 rings (SSSR count). The van der Waals surface area contributed by atoms with Crippen LogP contribution in [0.1, 0.15) is 38.2 Å². The van der Waals surface area contributed by atoms with Crippen molar-refractivity contribution in [3.8, 4) is 0 Å². The molecule has 0 saturated heterocycles. The summed E-state index contributed by atoms with van der Waals surface area (Å²) < 4.78 is 0. The average molecular weight is 356 g/mol. The van der Waals surface area contributed by atoms with Gasteiger partial charge in [0.25, 0.3) is 5.91 Å². The predicted octanol–water partition coefficient (Wildman–Crippen LogP) is 4.85. The van der Waals surface area contributed by atoms with E-state index < -0.39 is 0 Å². The molecule has 0 aliphatic carbocycles. The van der Waals surface area contributed by atoms with Crippen molar-refractivity contribution in [3.63, 3.8) is 0 Å². The van der Waals surface area contributed by atoms with E-state index in [0.717, 1.165) is 24.0 Å². The van der Waals surface area contributed by atoms with Crippen LogP contribution in [0.5, 0.6) is 0 Å². The van der Waals surface area contributed by atoms with Crippen molar-refractivity contribution < 1.29 is 4.79 Å². The number of hydrogen-bond donors (Lipinski definition) is 1. The third-order valence-electron chi connectivity index (χ3n) is 4.41. The van der Waals surface area contributed by atoms with Crippen molar-refractivity contribution >= 4 is 12.1 Å². The van der Waals surface area contributed by atoms with Gasteiger partial charge in [0.15, 0.2) is 0 Å². The van der Waals surface area contributed by atoms with Gasteiger partial charge >= 0.3 is 0 Å². The summed E-state index contributed by atoms with van der Waals surface area (Å²) in [6.45, 7) is 4.10. The molecule has 3 aromatic carbocycles. The van der Waals surface area contributed by atoms with E-state index in [1.54, 1.807) is 6.21 Å². The molecule has 0 spiro atoms. The molecular weight excluding hydrogens is 332 g/mol. The predicted molar refractivity (Wildman–Crippen MR) is 111 cm³/mol. The molecule has 3 nitrogen and oxygen atoms in total. The van der Waals surface area contributed by atoms with E-state index in [0.29, 0.717) is 5.56 Å². The van der Waals surface area contributed by atoms with E-state index in [1.807, 2.05) is 68.4 Å². The van der Waals surface area contributed by atoms with E-state index >= 15 is 0 Å². The number of nitrogens with zero attached hydrogens (tertiary/aromatic N) is 1. The van der Waals surface area contributed by atoms with E-state index in [9.17, 15) is 4.79 Å². The van der Waals surface area contributed by atoms with Crippen LogP contribution in [-0.4, -0.2) is 12.1 Å². The maximum atomic E-state index is 12.6. The Morgan fingerprint density at radius 1 is 0.889 bits per heavy atom. The van der Waals surface area contributed by atoms with Crippen LogP contribution in [-0.2, 0) is 12.8 Å². The third-order valence-corrected chi connectivity index (χ3v) is 4.41. The molecule has 0 atom stereocenters. The van der Waals surface area contributed by atoms with Crippen LogP contribution in [0.25, 0.3) is 0 Å². The van der Waals surface area contributed by atoms with Gasteiger partial charge in [0.1, 0.15) is 0 Å². The molecule has 0 aliphatic rings. The number of carbonyl (C=O) groups is 1. The number of amides is 1. The number of rotatable bonds is 6. The number of aryl methyl sites for hydroxylation is 4. The summed E-state index contributed by atoms with van der Waals surface area (Å²) >= 11 is 0. The minimum Gasteiger partial charge on any atom is -0.267 e. The number of nitrogens with one attached hydrogen (secondary N) is 1. The minimum absolute atomic E-state index is 0.181. The molecule has 1 N–H and O–H groups in total. The van der Waals surface area contributed by atoms with Crippen LogP contribution < -0.4 is 5.43 Å². The Morgan fingerprint density at radius 2 is 1.56 bits per heavy atom. The fourth-order valence-corrected chi connectivity index (χ4v) is 3.19. The van der Waals surface area contributed by atoms with E-state index in [2.05, 4.69) is 28.7 Å². The molecule has 0 saturated carbocycles. The Labute approximate surface area is 160 Å². The summed E-state index contributed by atoms with van der Waals surface area (Å²) in [7, 11) is 0. The molecule has 1 amide bonds. The van der Waals surface area contributed by atoms with Crippen LogP contribution in [0.4, 0.5) is 0 Å². The van der Waals surface area contributed by atoms with Gasteiger partial charge in [-0.1, -0.05) is 77.9 Å². The fourth-order valence-electron chi connectivity index (χ4n) is 3.19. The maximum absolute atomic E-state index is 12.6. The van der Waals surface area contributed by atoms with Crippen molar-refractivity contribution in [1.29, 1.82) is 0 Å². The van der Waals surface area contributed by atoms with Crippen LogP contribution in [0.15, 0.2) is 77.9 Å². The summed E-state index contributed by atoms with van der Waals surface area (Å²) in [4.78, 5) is 12.6. The monoisotopic (exact) mass is 356 g/mol. The first-order valence-corrected chi connectivity index (χ1v) is 9.15. The van der Waals surface area contributed by atoms with Crippen LogP contribution in [0.3, 0.4) is 0 Å². The third kappa shape index (κ3) is 5.38. The lowest BCUT2D eigenvalue weighted by molar-refractivity contribution is 0.0954. The maximum Gasteiger partial charge on any atom is 0.271 e. The second-order valence-corrected chi connectivity index (χ2v) is 6.76. The lowest BCUT2D eigenvalue weighted by atomic mass is 9.99. The lowest BCUT2D eigenvalue weighted by Gasteiger charge is -2.08. The molecule has 0 unspecified atom stereocenters. The smallest absolute Gasteiger partial charge is 0.267 e. The van der Waals surface area contributed by atoms with Gasteiger partial charge in [-0.15, -0.1) is 0 Å². The highest BCUT2D eigenvalue weighted by Gasteiger charge is 2.10. The van der Waals surface area contributed by atoms with E-state index in [-0.39, 0.29) is 5.91 Å². The molecule has 136 valence electrons. The molecule has 0 heterocycles. The van der Waals surface area contributed by atoms with Crippen molar-refractivity contribution in [1.82, 2.24) is 5.43 Å². The van der Waals surface area contributed by atoms with Gasteiger partial charge in [0.2, 0.25) is 0 Å². The molecular formula is C24H24N2O. The molecule has 0 radical (unpaired) electrons. The fraction of sp³-hybridized carbons (Fsp3) is 0.167. The van der Waals surface area contributed by atoms with Gasteiger partial charge in [-0.25, -0.2) is 5.43 Å². The van der Waals surface area contributed by atoms with Gasteiger partial charge in [-0.2, -0.15) is 5.10 Å². The summed E-state index contributed by atoms with van der Waals surface area (Å²) in [5, 5.41) is 4.13. The minimum atomic E-state index is -0.181. The van der Waals surface area contributed by atoms with E-state index in [4.69, 9.17) is 0 Å². The SMILES string of the molecule is Cc1cc(C)cc(/C=N/NC(=O)c2ccccc2CCc2ccccc2)c1. The molecule has 27 heavy (non-hydrogen) atoms. The van der Waals surface area contributed by atoms with Gasteiger partial charge < -0.3 is 0 Å². The molecule has 3 heteroatoms. The van der Waals surface area contributed by atoms with E-state index in [1.165, 1.54) is 16.7 Å². The summed E-state index contributed by atoms with van der Waals surface area (Å²) in [5.74, 6) is -0.181. The molecule has 0 fully saturated rings. The first kappa shape index (κ1) is 18.6. The Morgan fingerprint density at radius 3 is 2.30 bits per heavy atom. The Kier molecular flexibility index (Phi) is 6.16. The van der Waals surface area contributed by atoms with Crippen molar-refractivity contribution in [2.45, 2.75) is 26.7 Å². The Balaban J connectivity index is 1.66. The van der Waals surface area contributed by atoms with Crippen LogP contribution >= 0.6 is 0 Å². The van der Waals surface area contributed by atoms with Gasteiger partial charge in [0.05, 0.1) is 6.21 Å². The quantitative estimate of drug-likeness (QED) is 0.498. The lowest BCUT2D eigenvalue weighted by Crippen LogP contribution is -2.19. The summed E-state index contributed by atoms with van der Waals surface area (Å²) in [5.41, 5.74) is 8.95. The number of hydrogen-bond acceptors (Lipinski definition) is 2. The molecule has 3 aromatic rings. The van der Waals surface area contributed by atoms with Gasteiger partial charge in [-0.05, 0) is 49.4 Å². The van der Waals surface area contributed by atoms with Crippen LogP contribution in [0.2, 0.25) is 0 Å². The van der Waals surface area contributed by atoms with Crippen molar-refractivity contribution in [2.24, 2.45) is 5.10 Å². The number of hydrazone groups is 1. The Hall–Kier alpha value is -3.20. The topological polar surface area (TPSA) is 41.5 Å². The van der Waals surface area contributed by atoms with Crippen molar-refractivity contribution in [3.05, 3.63) is 106 Å².